The molecule has 158 valence electrons. The zero-order valence-corrected chi connectivity index (χ0v) is 17.6. The second-order valence-electron chi connectivity index (χ2n) is 9.47. The smallest absolute Gasteiger partial charge is 0.326 e. The molecular formula is C23H26ClN3O3. The lowest BCUT2D eigenvalue weighted by Gasteiger charge is -2.57. The summed E-state index contributed by atoms with van der Waals surface area (Å²) in [4.78, 5) is 38.4. The standard InChI is InChI=1S/C23H26ClN3O3/c24-19-13-25-22(30)27(21(19)29)6-5-20(28)26-18-3-1-17(2-4-18)23-10-14-7-15(11-23)9-16(8-14)12-23/h1-4,13-16H,5-12H2,(H,25,30)(H,26,28). The minimum absolute atomic E-state index is 0.0139. The molecule has 6 rings (SSSR count). The Labute approximate surface area is 179 Å². The number of hydrogen-bond acceptors (Lipinski definition) is 3. The summed E-state index contributed by atoms with van der Waals surface area (Å²) in [7, 11) is 0. The van der Waals surface area contributed by atoms with Crippen molar-refractivity contribution in [3.05, 3.63) is 61.9 Å². The molecule has 0 atom stereocenters. The molecule has 1 aromatic carbocycles. The van der Waals surface area contributed by atoms with Crippen LogP contribution in [-0.2, 0) is 16.8 Å². The largest absolute Gasteiger partial charge is 0.328 e. The first-order valence-electron chi connectivity index (χ1n) is 10.8. The van der Waals surface area contributed by atoms with Crippen LogP contribution in [0.4, 0.5) is 5.69 Å². The maximum atomic E-state index is 12.3. The molecule has 4 aliphatic rings. The van der Waals surface area contributed by atoms with E-state index in [0.29, 0.717) is 5.41 Å². The van der Waals surface area contributed by atoms with E-state index < -0.39 is 11.2 Å². The third-order valence-corrected chi connectivity index (χ3v) is 7.67. The Balaban J connectivity index is 1.24. The minimum atomic E-state index is -0.590. The molecule has 0 spiro atoms. The number of aromatic nitrogens is 2. The van der Waals surface area contributed by atoms with Crippen molar-refractivity contribution >= 4 is 23.2 Å². The molecule has 7 heteroatoms. The van der Waals surface area contributed by atoms with Gasteiger partial charge in [0.25, 0.3) is 5.56 Å². The second kappa shape index (κ2) is 7.41. The molecule has 4 saturated carbocycles. The molecule has 6 nitrogen and oxygen atoms in total. The topological polar surface area (TPSA) is 84.0 Å². The van der Waals surface area contributed by atoms with E-state index in [1.165, 1.54) is 44.1 Å². The highest BCUT2D eigenvalue weighted by atomic mass is 35.5. The summed E-state index contributed by atoms with van der Waals surface area (Å²) in [5, 5.41) is 2.79. The lowest BCUT2D eigenvalue weighted by molar-refractivity contribution is -0.116. The summed E-state index contributed by atoms with van der Waals surface area (Å²) in [5.74, 6) is 2.44. The Morgan fingerprint density at radius 3 is 2.27 bits per heavy atom. The monoisotopic (exact) mass is 427 g/mol. The number of hydrogen-bond donors (Lipinski definition) is 2. The number of H-pyrrole nitrogens is 1. The van der Waals surface area contributed by atoms with Gasteiger partial charge in [-0.1, -0.05) is 23.7 Å². The molecule has 0 unspecified atom stereocenters. The van der Waals surface area contributed by atoms with Crippen LogP contribution in [0.1, 0.15) is 50.5 Å². The highest BCUT2D eigenvalue weighted by molar-refractivity contribution is 6.30. The summed E-state index contributed by atoms with van der Waals surface area (Å²) < 4.78 is 0.943. The van der Waals surface area contributed by atoms with E-state index in [9.17, 15) is 14.4 Å². The van der Waals surface area contributed by atoms with Crippen molar-refractivity contribution in [1.82, 2.24) is 9.55 Å². The van der Waals surface area contributed by atoms with Crippen LogP contribution in [0.3, 0.4) is 0 Å². The van der Waals surface area contributed by atoms with Crippen LogP contribution in [0.25, 0.3) is 0 Å². The van der Waals surface area contributed by atoms with E-state index in [4.69, 9.17) is 11.6 Å². The molecule has 1 aromatic heterocycles. The normalized spacial score (nSPS) is 29.2. The van der Waals surface area contributed by atoms with Crippen LogP contribution in [0.5, 0.6) is 0 Å². The zero-order valence-electron chi connectivity index (χ0n) is 16.8. The maximum Gasteiger partial charge on any atom is 0.328 e. The first-order valence-corrected chi connectivity index (χ1v) is 11.2. The molecule has 4 fully saturated rings. The van der Waals surface area contributed by atoms with Crippen LogP contribution in [-0.4, -0.2) is 15.5 Å². The first-order chi connectivity index (χ1) is 14.4. The number of halogens is 1. The lowest BCUT2D eigenvalue weighted by atomic mass is 9.48. The number of rotatable bonds is 5. The van der Waals surface area contributed by atoms with E-state index in [1.54, 1.807) is 0 Å². The third kappa shape index (κ3) is 3.51. The first kappa shape index (κ1) is 19.6. The van der Waals surface area contributed by atoms with Crippen LogP contribution in [0, 0.1) is 17.8 Å². The minimum Gasteiger partial charge on any atom is -0.326 e. The Morgan fingerprint density at radius 1 is 1.07 bits per heavy atom. The van der Waals surface area contributed by atoms with Gasteiger partial charge in [-0.05, 0) is 79.4 Å². The number of amides is 1. The number of anilines is 1. The van der Waals surface area contributed by atoms with Crippen LogP contribution >= 0.6 is 11.6 Å². The fourth-order valence-electron chi connectivity index (χ4n) is 6.50. The fraction of sp³-hybridized carbons (Fsp3) is 0.522. The van der Waals surface area contributed by atoms with E-state index >= 15 is 0 Å². The quantitative estimate of drug-likeness (QED) is 0.763. The van der Waals surface area contributed by atoms with Crippen molar-refractivity contribution in [2.75, 3.05) is 5.32 Å². The van der Waals surface area contributed by atoms with Crippen molar-refractivity contribution in [2.24, 2.45) is 17.8 Å². The number of carbonyl (C=O) groups excluding carboxylic acids is 1. The van der Waals surface area contributed by atoms with Gasteiger partial charge in [-0.25, -0.2) is 4.79 Å². The summed E-state index contributed by atoms with van der Waals surface area (Å²) in [6.07, 6.45) is 9.38. The zero-order chi connectivity index (χ0) is 20.9. The van der Waals surface area contributed by atoms with Crippen molar-refractivity contribution in [2.45, 2.75) is 56.9 Å². The van der Waals surface area contributed by atoms with Crippen LogP contribution < -0.4 is 16.6 Å². The van der Waals surface area contributed by atoms with Crippen molar-refractivity contribution in [1.29, 1.82) is 0 Å². The molecule has 4 bridgehead atoms. The van der Waals surface area contributed by atoms with Gasteiger partial charge >= 0.3 is 5.69 Å². The SMILES string of the molecule is O=C(CCn1c(=O)[nH]cc(Cl)c1=O)Nc1ccc(C23CC4CC(CC(C4)C2)C3)cc1. The number of nitrogens with one attached hydrogen (secondary N) is 2. The molecule has 2 N–H and O–H groups in total. The molecule has 30 heavy (non-hydrogen) atoms. The van der Waals surface area contributed by atoms with Gasteiger partial charge in [0, 0.05) is 24.8 Å². The van der Waals surface area contributed by atoms with E-state index in [0.717, 1.165) is 34.2 Å². The fourth-order valence-corrected chi connectivity index (χ4v) is 6.65. The van der Waals surface area contributed by atoms with E-state index in [-0.39, 0.29) is 23.9 Å². The van der Waals surface area contributed by atoms with Gasteiger partial charge in [0.15, 0.2) is 0 Å². The molecule has 0 radical (unpaired) electrons. The molecule has 0 saturated heterocycles. The van der Waals surface area contributed by atoms with Crippen LogP contribution in [0.2, 0.25) is 5.02 Å². The lowest BCUT2D eigenvalue weighted by Crippen LogP contribution is -2.48. The van der Waals surface area contributed by atoms with Crippen molar-refractivity contribution < 1.29 is 4.79 Å². The van der Waals surface area contributed by atoms with Crippen LogP contribution in [0.15, 0.2) is 40.1 Å². The van der Waals surface area contributed by atoms with Gasteiger partial charge in [0.2, 0.25) is 5.91 Å². The van der Waals surface area contributed by atoms with Gasteiger partial charge in [-0.2, -0.15) is 0 Å². The Bertz CT molecular complexity index is 1050. The van der Waals surface area contributed by atoms with Crippen molar-refractivity contribution in [3.63, 3.8) is 0 Å². The third-order valence-electron chi connectivity index (χ3n) is 7.40. The number of aromatic amines is 1. The molecule has 1 amide bonds. The average molecular weight is 428 g/mol. The number of benzene rings is 1. The van der Waals surface area contributed by atoms with E-state index in [1.807, 2.05) is 12.1 Å². The summed E-state index contributed by atoms with van der Waals surface area (Å²) in [6, 6.07) is 8.30. The Hall–Kier alpha value is -2.34. The highest BCUT2D eigenvalue weighted by Crippen LogP contribution is 2.60. The van der Waals surface area contributed by atoms with E-state index in [2.05, 4.69) is 22.4 Å². The summed E-state index contributed by atoms with van der Waals surface area (Å²) in [6.45, 7) is -0.0219. The Kier molecular flexibility index (Phi) is 4.85. The molecule has 0 aliphatic heterocycles. The van der Waals surface area contributed by atoms with Gasteiger partial charge in [0.1, 0.15) is 5.02 Å². The second-order valence-corrected chi connectivity index (χ2v) is 9.88. The molecule has 2 aromatic rings. The maximum absolute atomic E-state index is 12.3. The van der Waals surface area contributed by atoms with Crippen molar-refractivity contribution in [3.8, 4) is 0 Å². The predicted molar refractivity (Wildman–Crippen MR) is 116 cm³/mol. The molecule has 4 aliphatic carbocycles. The summed E-state index contributed by atoms with van der Waals surface area (Å²) in [5.41, 5.74) is 1.33. The summed E-state index contributed by atoms with van der Waals surface area (Å²) >= 11 is 5.75. The number of carbonyl (C=O) groups is 1. The van der Waals surface area contributed by atoms with Gasteiger partial charge in [-0.15, -0.1) is 0 Å². The number of nitrogens with zero attached hydrogens (tertiary/aromatic N) is 1. The van der Waals surface area contributed by atoms with Gasteiger partial charge in [-0.3, -0.25) is 14.2 Å². The molecule has 1 heterocycles. The predicted octanol–water partition coefficient (Wildman–Crippen LogP) is 3.69. The molecular weight excluding hydrogens is 402 g/mol. The highest BCUT2D eigenvalue weighted by Gasteiger charge is 2.51. The Morgan fingerprint density at radius 2 is 1.67 bits per heavy atom. The van der Waals surface area contributed by atoms with Gasteiger partial charge < -0.3 is 10.3 Å². The van der Waals surface area contributed by atoms with Gasteiger partial charge in [0.05, 0.1) is 0 Å². The average Bonchev–Trinajstić information content (AvgIpc) is 2.70.